The lowest BCUT2D eigenvalue weighted by atomic mass is 10.1. The van der Waals surface area contributed by atoms with Gasteiger partial charge < -0.3 is 10.2 Å². The number of hydrogen-bond donors (Lipinski definition) is 2. The number of carbonyl (C=O) groups is 2. The van der Waals surface area contributed by atoms with Crippen molar-refractivity contribution in [2.24, 2.45) is 0 Å². The normalized spacial score (nSPS) is 11.1. The quantitative estimate of drug-likeness (QED) is 0.506. The number of benzene rings is 3. The van der Waals surface area contributed by atoms with Crippen LogP contribution in [-0.2, 0) is 21.4 Å². The van der Waals surface area contributed by atoms with Gasteiger partial charge in [0.25, 0.3) is 5.91 Å². The molecule has 3 aromatic carbocycles. The molecule has 2 N–H and O–H groups in total. The fraction of sp³-hybridized carbons (Fsp3) is 0.167. The van der Waals surface area contributed by atoms with Gasteiger partial charge in [-0.2, -0.15) is 0 Å². The van der Waals surface area contributed by atoms with E-state index in [1.54, 1.807) is 37.3 Å². The summed E-state index contributed by atoms with van der Waals surface area (Å²) in [5, 5.41) is 3.04. The maximum Gasteiger partial charge on any atom is 0.254 e. The van der Waals surface area contributed by atoms with Gasteiger partial charge in [0, 0.05) is 19.2 Å². The van der Waals surface area contributed by atoms with Gasteiger partial charge in [0.2, 0.25) is 15.9 Å². The Balaban J connectivity index is 1.71. The third-order valence-electron chi connectivity index (χ3n) is 4.91. The molecule has 3 rings (SSSR count). The molecule has 0 saturated heterocycles. The molecule has 7 nitrogen and oxygen atoms in total. The number of amides is 2. The smallest absolute Gasteiger partial charge is 0.254 e. The number of nitrogens with one attached hydrogen (secondary N) is 2. The Morgan fingerprint density at radius 2 is 1.64 bits per heavy atom. The van der Waals surface area contributed by atoms with Crippen molar-refractivity contribution in [3.8, 4) is 0 Å². The summed E-state index contributed by atoms with van der Waals surface area (Å²) in [5.41, 5.74) is 1.92. The molecule has 0 atom stereocenters. The van der Waals surface area contributed by atoms with Crippen molar-refractivity contribution in [1.29, 1.82) is 0 Å². The van der Waals surface area contributed by atoms with Crippen molar-refractivity contribution in [2.75, 3.05) is 18.9 Å². The summed E-state index contributed by atoms with van der Waals surface area (Å²) in [5.74, 6) is -0.910. The average Bonchev–Trinajstić information content (AvgIpc) is 2.79. The molecule has 0 aliphatic heterocycles. The van der Waals surface area contributed by atoms with Crippen LogP contribution in [0.3, 0.4) is 0 Å². The van der Waals surface area contributed by atoms with E-state index in [0.717, 1.165) is 5.56 Å². The van der Waals surface area contributed by atoms with E-state index in [-0.39, 0.29) is 23.5 Å². The Bertz CT molecular complexity index is 1260. The van der Waals surface area contributed by atoms with Crippen molar-refractivity contribution >= 4 is 39.1 Å². The molecule has 0 unspecified atom stereocenters. The van der Waals surface area contributed by atoms with Crippen molar-refractivity contribution in [2.45, 2.75) is 18.4 Å². The summed E-state index contributed by atoms with van der Waals surface area (Å²) in [7, 11) is -2.39. The summed E-state index contributed by atoms with van der Waals surface area (Å²) in [6.07, 6.45) is 0. The number of carbonyl (C=O) groups excluding carboxylic acids is 2. The summed E-state index contributed by atoms with van der Waals surface area (Å²) in [4.78, 5) is 26.4. The second-order valence-electron chi connectivity index (χ2n) is 7.48. The monoisotopic (exact) mass is 485 g/mol. The molecule has 0 heterocycles. The maximum absolute atomic E-state index is 12.9. The maximum atomic E-state index is 12.9. The largest absolute Gasteiger partial charge is 0.332 e. The number of rotatable bonds is 8. The summed E-state index contributed by atoms with van der Waals surface area (Å²) >= 11 is 6.04. The van der Waals surface area contributed by atoms with Gasteiger partial charge in [-0.25, -0.2) is 13.1 Å². The van der Waals surface area contributed by atoms with Crippen LogP contribution in [0.1, 0.15) is 21.5 Å². The van der Waals surface area contributed by atoms with Gasteiger partial charge in [0.15, 0.2) is 0 Å². The molecular formula is C24H24ClN3O4S. The molecule has 9 heteroatoms. The molecule has 0 fully saturated rings. The first-order valence-corrected chi connectivity index (χ1v) is 12.0. The number of nitrogens with zero attached hydrogens (tertiary/aromatic N) is 1. The molecule has 0 bridgehead atoms. The number of likely N-dealkylation sites (N-methyl/N-ethyl adjacent to an activating group) is 1. The zero-order valence-electron chi connectivity index (χ0n) is 18.2. The predicted octanol–water partition coefficient (Wildman–Crippen LogP) is 3.84. The molecule has 172 valence electrons. The van der Waals surface area contributed by atoms with Crippen LogP contribution >= 0.6 is 11.6 Å². The van der Waals surface area contributed by atoms with E-state index < -0.39 is 21.8 Å². The standard InChI is InChI=1S/C24H24ClN3O4S/c1-17-12-13-19(14-22(17)33(31,32)26-15-18-8-4-3-5-9-18)24(30)28(2)16-23(29)27-21-11-7-6-10-20(21)25/h3-14,26H,15-16H2,1-2H3,(H,27,29). The van der Waals surface area contributed by atoms with Crippen molar-refractivity contribution in [3.63, 3.8) is 0 Å². The van der Waals surface area contributed by atoms with Crippen LogP contribution in [0.25, 0.3) is 0 Å². The van der Waals surface area contributed by atoms with Gasteiger partial charge in [0.1, 0.15) is 0 Å². The van der Waals surface area contributed by atoms with E-state index in [2.05, 4.69) is 10.0 Å². The minimum Gasteiger partial charge on any atom is -0.332 e. The van der Waals surface area contributed by atoms with E-state index in [0.29, 0.717) is 16.3 Å². The van der Waals surface area contributed by atoms with E-state index in [1.807, 2.05) is 30.3 Å². The zero-order valence-corrected chi connectivity index (χ0v) is 19.8. The van der Waals surface area contributed by atoms with Crippen LogP contribution in [0.5, 0.6) is 0 Å². The second kappa shape index (κ2) is 10.6. The van der Waals surface area contributed by atoms with Crippen LogP contribution in [0, 0.1) is 6.92 Å². The molecule has 0 aliphatic rings. The van der Waals surface area contributed by atoms with Crippen molar-refractivity contribution < 1.29 is 18.0 Å². The molecule has 2 amide bonds. The summed E-state index contributed by atoms with van der Waals surface area (Å²) < 4.78 is 28.3. The van der Waals surface area contributed by atoms with Crippen LogP contribution in [0.2, 0.25) is 5.02 Å². The van der Waals surface area contributed by atoms with Crippen molar-refractivity contribution in [1.82, 2.24) is 9.62 Å². The number of para-hydroxylation sites is 1. The second-order valence-corrected chi connectivity index (χ2v) is 9.62. The van der Waals surface area contributed by atoms with Gasteiger partial charge in [-0.1, -0.05) is 60.1 Å². The molecule has 33 heavy (non-hydrogen) atoms. The van der Waals surface area contributed by atoms with Crippen LogP contribution < -0.4 is 10.0 Å². The Morgan fingerprint density at radius 3 is 2.33 bits per heavy atom. The predicted molar refractivity (Wildman–Crippen MR) is 129 cm³/mol. The third-order valence-corrected chi connectivity index (χ3v) is 6.78. The Kier molecular flexibility index (Phi) is 7.86. The summed E-state index contributed by atoms with van der Waals surface area (Å²) in [6, 6.07) is 20.3. The number of aryl methyl sites for hydroxylation is 1. The van der Waals surface area contributed by atoms with Crippen LogP contribution in [0.4, 0.5) is 5.69 Å². The fourth-order valence-electron chi connectivity index (χ4n) is 3.13. The minimum atomic E-state index is -3.85. The minimum absolute atomic E-state index is 0.0122. The molecule has 0 spiro atoms. The van der Waals surface area contributed by atoms with Crippen LogP contribution in [-0.4, -0.2) is 38.7 Å². The third kappa shape index (κ3) is 6.41. The van der Waals surface area contributed by atoms with Gasteiger partial charge in [-0.15, -0.1) is 0 Å². The van der Waals surface area contributed by atoms with E-state index in [1.165, 1.54) is 24.1 Å². The first kappa shape index (κ1) is 24.4. The SMILES string of the molecule is Cc1ccc(C(=O)N(C)CC(=O)Nc2ccccc2Cl)cc1S(=O)(=O)NCc1ccccc1. The lowest BCUT2D eigenvalue weighted by Crippen LogP contribution is -2.35. The molecule has 0 saturated carbocycles. The highest BCUT2D eigenvalue weighted by Gasteiger charge is 2.21. The topological polar surface area (TPSA) is 95.6 Å². The molecule has 0 radical (unpaired) electrons. The zero-order chi connectivity index (χ0) is 24.0. The highest BCUT2D eigenvalue weighted by molar-refractivity contribution is 7.89. The lowest BCUT2D eigenvalue weighted by Gasteiger charge is -2.18. The van der Waals surface area contributed by atoms with Gasteiger partial charge in [-0.3, -0.25) is 9.59 Å². The number of anilines is 1. The lowest BCUT2D eigenvalue weighted by molar-refractivity contribution is -0.116. The first-order valence-electron chi connectivity index (χ1n) is 10.1. The Labute approximate surface area is 198 Å². The first-order chi connectivity index (χ1) is 15.7. The molecule has 3 aromatic rings. The van der Waals surface area contributed by atoms with E-state index in [4.69, 9.17) is 11.6 Å². The highest BCUT2D eigenvalue weighted by atomic mass is 35.5. The Hall–Kier alpha value is -3.20. The van der Waals surface area contributed by atoms with Gasteiger partial charge in [-0.05, 0) is 42.3 Å². The number of halogens is 1. The van der Waals surface area contributed by atoms with E-state index >= 15 is 0 Å². The average molecular weight is 486 g/mol. The number of sulfonamides is 1. The van der Waals surface area contributed by atoms with Gasteiger partial charge >= 0.3 is 0 Å². The van der Waals surface area contributed by atoms with Crippen molar-refractivity contribution in [3.05, 3.63) is 94.5 Å². The molecular weight excluding hydrogens is 462 g/mol. The Morgan fingerprint density at radius 1 is 0.970 bits per heavy atom. The summed E-state index contributed by atoms with van der Waals surface area (Å²) in [6.45, 7) is 1.56. The van der Waals surface area contributed by atoms with Gasteiger partial charge in [0.05, 0.1) is 22.2 Å². The number of hydrogen-bond acceptors (Lipinski definition) is 4. The molecule has 0 aromatic heterocycles. The van der Waals surface area contributed by atoms with Crippen LogP contribution in [0.15, 0.2) is 77.7 Å². The molecule has 0 aliphatic carbocycles. The fourth-order valence-corrected chi connectivity index (χ4v) is 4.60. The van der Waals surface area contributed by atoms with E-state index in [9.17, 15) is 18.0 Å². The highest BCUT2D eigenvalue weighted by Crippen LogP contribution is 2.21.